The number of hydrogen-bond donors (Lipinski definition) is 1. The van der Waals surface area contributed by atoms with Gasteiger partial charge in [0.25, 0.3) is 0 Å². The summed E-state index contributed by atoms with van der Waals surface area (Å²) in [6.45, 7) is 9.96. The summed E-state index contributed by atoms with van der Waals surface area (Å²) in [6, 6.07) is 4.36. The molecule has 1 unspecified atom stereocenters. The first-order valence-electron chi connectivity index (χ1n) is 7.02. The zero-order chi connectivity index (χ0) is 15.4. The summed E-state index contributed by atoms with van der Waals surface area (Å²) >= 11 is 7.78. The first-order chi connectivity index (χ1) is 10.0. The van der Waals surface area contributed by atoms with Crippen molar-refractivity contribution in [3.8, 4) is 0 Å². The molecule has 0 aliphatic heterocycles. The highest BCUT2D eigenvalue weighted by molar-refractivity contribution is 7.12. The van der Waals surface area contributed by atoms with E-state index in [1.807, 2.05) is 4.90 Å². The average molecular weight is 326 g/mol. The van der Waals surface area contributed by atoms with E-state index in [1.165, 1.54) is 9.75 Å². The Morgan fingerprint density at radius 3 is 2.52 bits per heavy atom. The average Bonchev–Trinajstić information content (AvgIpc) is 2.86. The normalized spacial score (nSPS) is 12.2. The minimum atomic E-state index is 0.131. The summed E-state index contributed by atoms with van der Waals surface area (Å²) in [5.41, 5.74) is 0. The van der Waals surface area contributed by atoms with Gasteiger partial charge < -0.3 is 10.2 Å². The highest BCUT2D eigenvalue weighted by Gasteiger charge is 2.13. The number of thiophene rings is 1. The van der Waals surface area contributed by atoms with Crippen LogP contribution in [0.3, 0.4) is 0 Å². The molecule has 7 heteroatoms. The van der Waals surface area contributed by atoms with Crippen LogP contribution in [0.15, 0.2) is 12.1 Å². The Hall–Kier alpha value is -1.40. The second-order valence-corrected chi connectivity index (χ2v) is 6.37. The summed E-state index contributed by atoms with van der Waals surface area (Å²) in [4.78, 5) is 17.4. The first-order valence-corrected chi connectivity index (χ1v) is 8.22. The van der Waals surface area contributed by atoms with Crippen molar-refractivity contribution >= 4 is 34.8 Å². The largest absolute Gasteiger partial charge is 0.347 e. The maximum absolute atomic E-state index is 6.02. The summed E-state index contributed by atoms with van der Waals surface area (Å²) in [5, 5.41) is 3.50. The summed E-state index contributed by atoms with van der Waals surface area (Å²) in [7, 11) is 0. The molecule has 2 heterocycles. The lowest BCUT2D eigenvalue weighted by molar-refractivity contribution is 0.802. The van der Waals surface area contributed by atoms with E-state index in [9.17, 15) is 0 Å². The molecule has 0 saturated carbocycles. The Labute approximate surface area is 134 Å². The molecule has 114 valence electrons. The molecule has 21 heavy (non-hydrogen) atoms. The Bertz CT molecular complexity index is 597. The lowest BCUT2D eigenvalue weighted by atomic mass is 10.3. The van der Waals surface area contributed by atoms with E-state index < -0.39 is 0 Å². The van der Waals surface area contributed by atoms with Crippen LogP contribution < -0.4 is 10.2 Å². The number of nitrogens with zero attached hydrogens (tertiary/aromatic N) is 4. The molecule has 0 bridgehead atoms. The standard InChI is InChI=1S/C14H20ClN5S/c1-5-20(6-2)14-18-12(15)17-13(19-14)16-10(4)11-8-7-9(3)21-11/h7-8,10H,5-6H2,1-4H3,(H,16,17,18,19). The first kappa shape index (κ1) is 16.0. The molecule has 0 radical (unpaired) electrons. The van der Waals surface area contributed by atoms with Crippen LogP contribution in [0.1, 0.15) is 36.6 Å². The van der Waals surface area contributed by atoms with Crippen LogP contribution in [0.25, 0.3) is 0 Å². The predicted molar refractivity (Wildman–Crippen MR) is 89.5 cm³/mol. The van der Waals surface area contributed by atoms with E-state index in [1.54, 1.807) is 11.3 Å². The molecule has 2 aromatic heterocycles. The van der Waals surface area contributed by atoms with Crippen molar-refractivity contribution in [1.82, 2.24) is 15.0 Å². The Kier molecular flexibility index (Phi) is 5.36. The lowest BCUT2D eigenvalue weighted by Gasteiger charge is -2.19. The highest BCUT2D eigenvalue weighted by atomic mass is 35.5. The minimum Gasteiger partial charge on any atom is -0.347 e. The summed E-state index contributed by atoms with van der Waals surface area (Å²) in [6.07, 6.45) is 0. The number of aryl methyl sites for hydroxylation is 1. The van der Waals surface area contributed by atoms with Gasteiger partial charge in [0.1, 0.15) is 0 Å². The van der Waals surface area contributed by atoms with Gasteiger partial charge in [-0.3, -0.25) is 0 Å². The van der Waals surface area contributed by atoms with Crippen molar-refractivity contribution in [1.29, 1.82) is 0 Å². The SMILES string of the molecule is CCN(CC)c1nc(Cl)nc(NC(C)c2ccc(C)s2)n1. The number of aromatic nitrogens is 3. The van der Waals surface area contributed by atoms with E-state index in [2.05, 4.69) is 60.1 Å². The lowest BCUT2D eigenvalue weighted by Crippen LogP contribution is -2.25. The number of hydrogen-bond acceptors (Lipinski definition) is 6. The monoisotopic (exact) mass is 325 g/mol. The van der Waals surface area contributed by atoms with Crippen molar-refractivity contribution in [2.24, 2.45) is 0 Å². The molecule has 2 aromatic rings. The summed E-state index contributed by atoms with van der Waals surface area (Å²) < 4.78 is 0. The molecule has 1 atom stereocenters. The molecule has 5 nitrogen and oxygen atoms in total. The number of rotatable bonds is 6. The third kappa shape index (κ3) is 4.04. The molecule has 0 amide bonds. The molecule has 1 N–H and O–H groups in total. The van der Waals surface area contributed by atoms with Crippen LogP contribution in [-0.4, -0.2) is 28.0 Å². The number of halogens is 1. The number of nitrogens with one attached hydrogen (secondary N) is 1. The van der Waals surface area contributed by atoms with Crippen LogP contribution in [0.2, 0.25) is 5.28 Å². The minimum absolute atomic E-state index is 0.131. The molecule has 2 rings (SSSR count). The summed E-state index contributed by atoms with van der Waals surface area (Å²) in [5.74, 6) is 1.12. The fourth-order valence-corrected chi connectivity index (χ4v) is 3.04. The van der Waals surface area contributed by atoms with Crippen LogP contribution in [0.5, 0.6) is 0 Å². The fourth-order valence-electron chi connectivity index (χ4n) is 2.00. The van der Waals surface area contributed by atoms with E-state index in [0.717, 1.165) is 13.1 Å². The van der Waals surface area contributed by atoms with Gasteiger partial charge in [-0.2, -0.15) is 15.0 Å². The molecular formula is C14H20ClN5S. The van der Waals surface area contributed by atoms with Gasteiger partial charge in [-0.15, -0.1) is 11.3 Å². The zero-order valence-electron chi connectivity index (χ0n) is 12.7. The van der Waals surface area contributed by atoms with Gasteiger partial charge in [-0.05, 0) is 51.4 Å². The van der Waals surface area contributed by atoms with Crippen LogP contribution in [-0.2, 0) is 0 Å². The Balaban J connectivity index is 2.19. The molecule has 0 aliphatic rings. The van der Waals surface area contributed by atoms with Gasteiger partial charge in [-0.25, -0.2) is 0 Å². The van der Waals surface area contributed by atoms with Crippen molar-refractivity contribution in [2.75, 3.05) is 23.3 Å². The quantitative estimate of drug-likeness (QED) is 0.872. The molecule has 0 aromatic carbocycles. The molecular weight excluding hydrogens is 306 g/mol. The maximum atomic E-state index is 6.02. The molecule has 0 saturated heterocycles. The Morgan fingerprint density at radius 1 is 1.24 bits per heavy atom. The van der Waals surface area contributed by atoms with Gasteiger partial charge in [0.05, 0.1) is 6.04 Å². The third-order valence-electron chi connectivity index (χ3n) is 3.18. The van der Waals surface area contributed by atoms with E-state index in [0.29, 0.717) is 11.9 Å². The molecule has 0 fully saturated rings. The Morgan fingerprint density at radius 2 is 1.95 bits per heavy atom. The fraction of sp³-hybridized carbons (Fsp3) is 0.500. The van der Waals surface area contributed by atoms with Crippen molar-refractivity contribution in [3.05, 3.63) is 27.2 Å². The van der Waals surface area contributed by atoms with E-state index in [-0.39, 0.29) is 11.3 Å². The van der Waals surface area contributed by atoms with Gasteiger partial charge >= 0.3 is 0 Å². The third-order valence-corrected chi connectivity index (χ3v) is 4.53. The molecule has 0 aliphatic carbocycles. The maximum Gasteiger partial charge on any atom is 0.231 e. The van der Waals surface area contributed by atoms with Crippen molar-refractivity contribution in [3.63, 3.8) is 0 Å². The molecule has 0 spiro atoms. The van der Waals surface area contributed by atoms with Gasteiger partial charge in [-0.1, -0.05) is 0 Å². The number of anilines is 2. The second-order valence-electron chi connectivity index (χ2n) is 4.71. The van der Waals surface area contributed by atoms with Gasteiger partial charge in [0, 0.05) is 22.8 Å². The second kappa shape index (κ2) is 7.04. The van der Waals surface area contributed by atoms with Gasteiger partial charge in [0.2, 0.25) is 17.2 Å². The smallest absolute Gasteiger partial charge is 0.231 e. The van der Waals surface area contributed by atoms with E-state index >= 15 is 0 Å². The van der Waals surface area contributed by atoms with Crippen LogP contribution in [0, 0.1) is 6.92 Å². The van der Waals surface area contributed by atoms with Crippen LogP contribution >= 0.6 is 22.9 Å². The topological polar surface area (TPSA) is 53.9 Å². The van der Waals surface area contributed by atoms with Crippen LogP contribution in [0.4, 0.5) is 11.9 Å². The predicted octanol–water partition coefficient (Wildman–Crippen LogP) is 3.91. The van der Waals surface area contributed by atoms with Crippen molar-refractivity contribution < 1.29 is 0 Å². The van der Waals surface area contributed by atoms with E-state index in [4.69, 9.17) is 11.6 Å². The van der Waals surface area contributed by atoms with Gasteiger partial charge in [0.15, 0.2) is 0 Å². The highest BCUT2D eigenvalue weighted by Crippen LogP contribution is 2.25. The zero-order valence-corrected chi connectivity index (χ0v) is 14.3. The van der Waals surface area contributed by atoms with Crippen molar-refractivity contribution in [2.45, 2.75) is 33.7 Å².